The van der Waals surface area contributed by atoms with Crippen LogP contribution in [0.5, 0.6) is 0 Å². The third kappa shape index (κ3) is 4.94. The topological polar surface area (TPSA) is 105 Å². The molecule has 0 spiro atoms. The number of aromatic nitrogens is 2. The van der Waals surface area contributed by atoms with Gasteiger partial charge < -0.3 is 9.84 Å². The number of benzene rings is 1. The SMILES string of the molecule is O=C(NCc1nc(-c2cccs2)no1)C1CCN(S(=O)(=O)Cc2ccccc2)CC1. The summed E-state index contributed by atoms with van der Waals surface area (Å²) in [5.41, 5.74) is 0.763. The largest absolute Gasteiger partial charge is 0.347 e. The highest BCUT2D eigenvalue weighted by Crippen LogP contribution is 2.23. The van der Waals surface area contributed by atoms with E-state index < -0.39 is 10.0 Å². The Labute approximate surface area is 179 Å². The van der Waals surface area contributed by atoms with Gasteiger partial charge in [-0.1, -0.05) is 41.6 Å². The van der Waals surface area contributed by atoms with Crippen LogP contribution in [-0.4, -0.2) is 41.9 Å². The second-order valence-electron chi connectivity index (χ2n) is 7.12. The first-order chi connectivity index (χ1) is 14.5. The van der Waals surface area contributed by atoms with E-state index in [-0.39, 0.29) is 24.1 Å². The smallest absolute Gasteiger partial charge is 0.246 e. The Kier molecular flexibility index (Phi) is 6.26. The first kappa shape index (κ1) is 20.7. The molecule has 0 aliphatic carbocycles. The maximum Gasteiger partial charge on any atom is 0.246 e. The molecule has 1 aliphatic heterocycles. The van der Waals surface area contributed by atoms with Crippen molar-refractivity contribution in [3.8, 4) is 10.7 Å². The molecular formula is C20H22N4O4S2. The van der Waals surface area contributed by atoms with Crippen molar-refractivity contribution in [2.24, 2.45) is 5.92 Å². The molecule has 30 heavy (non-hydrogen) atoms. The van der Waals surface area contributed by atoms with E-state index >= 15 is 0 Å². The van der Waals surface area contributed by atoms with Gasteiger partial charge in [-0.2, -0.15) is 4.98 Å². The van der Waals surface area contributed by atoms with Crippen LogP contribution in [0.4, 0.5) is 0 Å². The van der Waals surface area contributed by atoms with Crippen LogP contribution in [0, 0.1) is 5.92 Å². The number of hydrogen-bond acceptors (Lipinski definition) is 7. The molecule has 1 amide bonds. The van der Waals surface area contributed by atoms with Crippen LogP contribution in [0.3, 0.4) is 0 Å². The Morgan fingerprint density at radius 1 is 1.17 bits per heavy atom. The second kappa shape index (κ2) is 9.07. The fourth-order valence-corrected chi connectivity index (χ4v) is 5.62. The molecule has 0 unspecified atom stereocenters. The average Bonchev–Trinajstić information content (AvgIpc) is 3.44. The van der Waals surface area contributed by atoms with Crippen molar-refractivity contribution < 1.29 is 17.7 Å². The molecule has 0 bridgehead atoms. The lowest BCUT2D eigenvalue weighted by atomic mass is 9.97. The molecule has 8 nitrogen and oxygen atoms in total. The van der Waals surface area contributed by atoms with Crippen molar-refractivity contribution in [3.05, 3.63) is 59.3 Å². The summed E-state index contributed by atoms with van der Waals surface area (Å²) in [7, 11) is -3.39. The van der Waals surface area contributed by atoms with Gasteiger partial charge in [-0.3, -0.25) is 4.79 Å². The number of carbonyl (C=O) groups is 1. The zero-order valence-corrected chi connectivity index (χ0v) is 17.9. The number of rotatable bonds is 7. The maximum absolute atomic E-state index is 12.6. The third-order valence-electron chi connectivity index (χ3n) is 5.03. The van der Waals surface area contributed by atoms with Crippen molar-refractivity contribution in [1.29, 1.82) is 0 Å². The van der Waals surface area contributed by atoms with E-state index in [4.69, 9.17) is 4.52 Å². The van der Waals surface area contributed by atoms with Gasteiger partial charge in [-0.05, 0) is 29.9 Å². The molecule has 10 heteroatoms. The predicted octanol–water partition coefficient (Wildman–Crippen LogP) is 2.66. The average molecular weight is 447 g/mol. The monoisotopic (exact) mass is 446 g/mol. The lowest BCUT2D eigenvalue weighted by Gasteiger charge is -2.30. The molecule has 0 radical (unpaired) electrons. The van der Waals surface area contributed by atoms with Crippen molar-refractivity contribution >= 4 is 27.3 Å². The fraction of sp³-hybridized carbons (Fsp3) is 0.350. The van der Waals surface area contributed by atoms with E-state index in [1.54, 1.807) is 12.1 Å². The van der Waals surface area contributed by atoms with Crippen molar-refractivity contribution in [3.63, 3.8) is 0 Å². The summed E-state index contributed by atoms with van der Waals surface area (Å²) < 4.78 is 32.0. The Hall–Kier alpha value is -2.56. The van der Waals surface area contributed by atoms with E-state index in [1.807, 2.05) is 35.7 Å². The van der Waals surface area contributed by atoms with E-state index in [9.17, 15) is 13.2 Å². The molecule has 1 fully saturated rings. The lowest BCUT2D eigenvalue weighted by molar-refractivity contribution is -0.126. The highest BCUT2D eigenvalue weighted by atomic mass is 32.2. The highest BCUT2D eigenvalue weighted by Gasteiger charge is 2.31. The number of sulfonamides is 1. The van der Waals surface area contributed by atoms with Crippen LogP contribution < -0.4 is 5.32 Å². The van der Waals surface area contributed by atoms with Crippen LogP contribution in [0.1, 0.15) is 24.3 Å². The molecule has 1 aromatic carbocycles. The summed E-state index contributed by atoms with van der Waals surface area (Å²) in [4.78, 5) is 17.7. The zero-order chi connectivity index (χ0) is 21.0. The standard InChI is InChI=1S/C20H22N4O4S2/c25-20(21-13-18-22-19(23-28-18)17-7-4-12-29-17)16-8-10-24(11-9-16)30(26,27)14-15-5-2-1-3-6-15/h1-7,12,16H,8-11,13-14H2,(H,21,25). The molecule has 158 valence electrons. The number of nitrogens with one attached hydrogen (secondary N) is 1. The molecule has 4 rings (SSSR count). The van der Waals surface area contributed by atoms with Gasteiger partial charge in [-0.25, -0.2) is 12.7 Å². The molecular weight excluding hydrogens is 424 g/mol. The normalized spacial score (nSPS) is 15.9. The van der Waals surface area contributed by atoms with Gasteiger partial charge in [0, 0.05) is 19.0 Å². The molecule has 0 atom stereocenters. The molecule has 3 heterocycles. The number of nitrogens with zero attached hydrogens (tertiary/aromatic N) is 3. The molecule has 1 N–H and O–H groups in total. The first-order valence-corrected chi connectivity index (χ1v) is 12.2. The minimum Gasteiger partial charge on any atom is -0.347 e. The summed E-state index contributed by atoms with van der Waals surface area (Å²) in [6, 6.07) is 12.9. The Bertz CT molecular complexity index is 1070. The molecule has 3 aromatic rings. The summed E-state index contributed by atoms with van der Waals surface area (Å²) in [5, 5.41) is 8.67. The molecule has 1 aliphatic rings. The van der Waals surface area contributed by atoms with Crippen LogP contribution in [0.2, 0.25) is 0 Å². The highest BCUT2D eigenvalue weighted by molar-refractivity contribution is 7.88. The predicted molar refractivity (Wildman–Crippen MR) is 113 cm³/mol. The maximum atomic E-state index is 12.6. The van der Waals surface area contributed by atoms with E-state index in [2.05, 4.69) is 15.5 Å². The number of amides is 1. The minimum atomic E-state index is -3.39. The third-order valence-corrected chi connectivity index (χ3v) is 7.75. The fourth-order valence-electron chi connectivity index (χ4n) is 3.41. The van der Waals surface area contributed by atoms with E-state index in [0.29, 0.717) is 37.6 Å². The van der Waals surface area contributed by atoms with E-state index in [0.717, 1.165) is 10.4 Å². The summed E-state index contributed by atoms with van der Waals surface area (Å²) in [6.07, 6.45) is 0.980. The van der Waals surface area contributed by atoms with Crippen LogP contribution in [-0.2, 0) is 27.1 Å². The van der Waals surface area contributed by atoms with Crippen LogP contribution in [0.25, 0.3) is 10.7 Å². The van der Waals surface area contributed by atoms with Gasteiger partial charge in [-0.15, -0.1) is 11.3 Å². The number of piperidine rings is 1. The van der Waals surface area contributed by atoms with Crippen LogP contribution >= 0.6 is 11.3 Å². The Balaban J connectivity index is 1.26. The lowest BCUT2D eigenvalue weighted by Crippen LogP contribution is -2.43. The minimum absolute atomic E-state index is 0.0194. The Morgan fingerprint density at radius 2 is 1.93 bits per heavy atom. The summed E-state index contributed by atoms with van der Waals surface area (Å²) in [5.74, 6) is 0.480. The van der Waals surface area contributed by atoms with Gasteiger partial charge in [0.2, 0.25) is 27.6 Å². The summed E-state index contributed by atoms with van der Waals surface area (Å²) >= 11 is 1.51. The first-order valence-electron chi connectivity index (χ1n) is 9.67. The number of carbonyl (C=O) groups excluding carboxylic acids is 1. The number of thiophene rings is 1. The number of hydrogen-bond donors (Lipinski definition) is 1. The van der Waals surface area contributed by atoms with Crippen molar-refractivity contribution in [2.75, 3.05) is 13.1 Å². The summed E-state index contributed by atoms with van der Waals surface area (Å²) in [6.45, 7) is 0.844. The Morgan fingerprint density at radius 3 is 2.63 bits per heavy atom. The van der Waals surface area contributed by atoms with Crippen molar-refractivity contribution in [1.82, 2.24) is 19.8 Å². The zero-order valence-electron chi connectivity index (χ0n) is 16.2. The van der Waals surface area contributed by atoms with Gasteiger partial charge >= 0.3 is 0 Å². The van der Waals surface area contributed by atoms with Gasteiger partial charge in [0.25, 0.3) is 0 Å². The van der Waals surface area contributed by atoms with Gasteiger partial charge in [0.05, 0.1) is 17.2 Å². The van der Waals surface area contributed by atoms with Crippen molar-refractivity contribution in [2.45, 2.75) is 25.1 Å². The quantitative estimate of drug-likeness (QED) is 0.598. The molecule has 1 saturated heterocycles. The van der Waals surface area contributed by atoms with Gasteiger partial charge in [0.15, 0.2) is 0 Å². The van der Waals surface area contributed by atoms with Gasteiger partial charge in [0.1, 0.15) is 0 Å². The van der Waals surface area contributed by atoms with Crippen LogP contribution in [0.15, 0.2) is 52.4 Å². The molecule has 2 aromatic heterocycles. The second-order valence-corrected chi connectivity index (χ2v) is 10.0. The van der Waals surface area contributed by atoms with E-state index in [1.165, 1.54) is 15.6 Å². The molecule has 0 saturated carbocycles.